The average molecular weight is 443 g/mol. The minimum Gasteiger partial charge on any atom is -0.397 e. The van der Waals surface area contributed by atoms with E-state index in [1.54, 1.807) is 0 Å². The Morgan fingerprint density at radius 1 is 1.12 bits per heavy atom. The number of hydrogen-bond donors (Lipinski definition) is 2. The van der Waals surface area contributed by atoms with Crippen molar-refractivity contribution in [3.63, 3.8) is 0 Å². The van der Waals surface area contributed by atoms with Crippen LogP contribution in [-0.2, 0) is 19.5 Å². The van der Waals surface area contributed by atoms with Crippen LogP contribution in [0.5, 0.6) is 0 Å². The van der Waals surface area contributed by atoms with E-state index in [1.165, 1.54) is 28.0 Å². The number of nitrogen functional groups attached to an aromatic ring is 1. The molecule has 1 amide bonds. The van der Waals surface area contributed by atoms with Crippen molar-refractivity contribution >= 4 is 38.8 Å². The summed E-state index contributed by atoms with van der Waals surface area (Å²) >= 11 is 1.37. The third kappa shape index (κ3) is 3.99. The fourth-order valence-corrected chi connectivity index (χ4v) is 5.20. The van der Waals surface area contributed by atoms with E-state index in [-0.39, 0.29) is 5.91 Å². The molecule has 1 aliphatic heterocycles. The summed E-state index contributed by atoms with van der Waals surface area (Å²) in [4.78, 5) is 21.6. The molecule has 2 aromatic carbocycles. The Morgan fingerprint density at radius 2 is 1.94 bits per heavy atom. The molecule has 5 rings (SSSR count). The normalized spacial score (nSPS) is 13.8. The molecule has 5 nitrogen and oxygen atoms in total. The highest BCUT2D eigenvalue weighted by Gasteiger charge is 2.23. The highest BCUT2D eigenvalue weighted by molar-refractivity contribution is 7.21. The summed E-state index contributed by atoms with van der Waals surface area (Å²) in [5.41, 5.74) is 13.7. The molecule has 0 fully saturated rings. The predicted molar refractivity (Wildman–Crippen MR) is 132 cm³/mol. The maximum Gasteiger partial charge on any atom is 0.267 e. The molecule has 0 unspecified atom stereocenters. The predicted octanol–water partition coefficient (Wildman–Crippen LogP) is 5.31. The van der Waals surface area contributed by atoms with Crippen molar-refractivity contribution in [2.75, 3.05) is 17.6 Å². The first-order chi connectivity index (χ1) is 15.5. The van der Waals surface area contributed by atoms with Gasteiger partial charge < -0.3 is 11.1 Å². The number of aryl methyl sites for hydroxylation is 2. The minimum atomic E-state index is -0.183. The molecule has 0 aliphatic carbocycles. The second-order valence-electron chi connectivity index (χ2n) is 8.49. The maximum absolute atomic E-state index is 13.0. The number of fused-ring (bicyclic) bond motifs is 2. The van der Waals surface area contributed by atoms with Crippen LogP contribution >= 0.6 is 11.3 Å². The van der Waals surface area contributed by atoms with Crippen molar-refractivity contribution in [1.29, 1.82) is 0 Å². The number of hydrogen-bond acceptors (Lipinski definition) is 5. The number of amides is 1. The van der Waals surface area contributed by atoms with E-state index in [0.29, 0.717) is 10.6 Å². The van der Waals surface area contributed by atoms with Gasteiger partial charge in [0.1, 0.15) is 9.71 Å². The van der Waals surface area contributed by atoms with Gasteiger partial charge in [-0.3, -0.25) is 9.69 Å². The standard InChI is InChI=1S/C26H26N4OS/c1-16-8-9-20(12-17(16)2)28-25(31)24-23(27)21-13-19-15-30(14-18-6-4-3-5-7-18)11-10-22(19)29-26(21)32-24/h3-9,12-13H,10-11,14-15,27H2,1-2H3,(H,28,31). The molecule has 0 bridgehead atoms. The van der Waals surface area contributed by atoms with Gasteiger partial charge in [0.2, 0.25) is 0 Å². The van der Waals surface area contributed by atoms with Crippen molar-refractivity contribution in [1.82, 2.24) is 9.88 Å². The summed E-state index contributed by atoms with van der Waals surface area (Å²) in [5.74, 6) is -0.183. The summed E-state index contributed by atoms with van der Waals surface area (Å²) < 4.78 is 0. The van der Waals surface area contributed by atoms with Gasteiger partial charge in [-0.1, -0.05) is 36.4 Å². The molecule has 3 heterocycles. The largest absolute Gasteiger partial charge is 0.397 e. The number of thiophene rings is 1. The Labute approximate surface area is 191 Å². The summed E-state index contributed by atoms with van der Waals surface area (Å²) in [6.45, 7) is 6.82. The Balaban J connectivity index is 1.39. The highest BCUT2D eigenvalue weighted by atomic mass is 32.1. The second-order valence-corrected chi connectivity index (χ2v) is 9.49. The van der Waals surface area contributed by atoms with Crippen LogP contribution < -0.4 is 11.1 Å². The number of carbonyl (C=O) groups is 1. The lowest BCUT2D eigenvalue weighted by atomic mass is 10.0. The van der Waals surface area contributed by atoms with E-state index in [0.717, 1.165) is 53.2 Å². The fraction of sp³-hybridized carbons (Fsp3) is 0.231. The second kappa shape index (κ2) is 8.37. The SMILES string of the molecule is Cc1ccc(NC(=O)c2sc3nc4c(cc3c2N)CN(Cc2ccccc2)CC4)cc1C. The zero-order chi connectivity index (χ0) is 22.2. The monoisotopic (exact) mass is 442 g/mol. The number of pyridine rings is 1. The Hall–Kier alpha value is -3.22. The molecule has 0 saturated heterocycles. The molecular formula is C26H26N4OS. The van der Waals surface area contributed by atoms with E-state index in [2.05, 4.69) is 47.5 Å². The van der Waals surface area contributed by atoms with Gasteiger partial charge in [0, 0.05) is 42.8 Å². The van der Waals surface area contributed by atoms with Crippen LogP contribution in [0.3, 0.4) is 0 Å². The molecule has 2 aromatic heterocycles. The summed E-state index contributed by atoms with van der Waals surface area (Å²) in [5, 5.41) is 3.86. The Morgan fingerprint density at radius 3 is 2.72 bits per heavy atom. The molecule has 162 valence electrons. The lowest BCUT2D eigenvalue weighted by Crippen LogP contribution is -2.30. The molecule has 0 atom stereocenters. The first kappa shape index (κ1) is 20.7. The Kier molecular flexibility index (Phi) is 5.41. The zero-order valence-corrected chi connectivity index (χ0v) is 19.1. The number of nitrogens with two attached hydrogens (primary N) is 1. The summed E-state index contributed by atoms with van der Waals surface area (Å²) in [7, 11) is 0. The van der Waals surface area contributed by atoms with E-state index in [4.69, 9.17) is 10.7 Å². The van der Waals surface area contributed by atoms with E-state index < -0.39 is 0 Å². The minimum absolute atomic E-state index is 0.183. The summed E-state index contributed by atoms with van der Waals surface area (Å²) in [6, 6.07) is 18.6. The van der Waals surface area contributed by atoms with Crippen LogP contribution in [0.25, 0.3) is 10.2 Å². The van der Waals surface area contributed by atoms with Gasteiger partial charge >= 0.3 is 0 Å². The van der Waals surface area contributed by atoms with Crippen molar-refractivity contribution in [3.8, 4) is 0 Å². The third-order valence-electron chi connectivity index (χ3n) is 6.17. The number of rotatable bonds is 4. The smallest absolute Gasteiger partial charge is 0.267 e. The number of carbonyl (C=O) groups excluding carboxylic acids is 1. The zero-order valence-electron chi connectivity index (χ0n) is 18.3. The van der Waals surface area contributed by atoms with Crippen molar-refractivity contribution < 1.29 is 4.79 Å². The Bertz CT molecular complexity index is 1310. The molecule has 3 N–H and O–H groups in total. The fourth-order valence-electron chi connectivity index (χ4n) is 4.21. The number of aromatic nitrogens is 1. The number of nitrogens with zero attached hydrogens (tertiary/aromatic N) is 2. The maximum atomic E-state index is 13.0. The molecule has 1 aliphatic rings. The topological polar surface area (TPSA) is 71.2 Å². The molecule has 4 aromatic rings. The number of anilines is 2. The number of nitrogens with one attached hydrogen (secondary N) is 1. The van der Waals surface area contributed by atoms with Gasteiger partial charge in [0.25, 0.3) is 5.91 Å². The number of benzene rings is 2. The van der Waals surface area contributed by atoms with E-state index in [1.807, 2.05) is 31.2 Å². The van der Waals surface area contributed by atoms with Crippen LogP contribution in [0.15, 0.2) is 54.6 Å². The van der Waals surface area contributed by atoms with Crippen LogP contribution in [0, 0.1) is 13.8 Å². The molecule has 6 heteroatoms. The van der Waals surface area contributed by atoms with Gasteiger partial charge in [-0.25, -0.2) is 4.98 Å². The van der Waals surface area contributed by atoms with Gasteiger partial charge in [-0.05, 0) is 54.3 Å². The van der Waals surface area contributed by atoms with Gasteiger partial charge in [-0.15, -0.1) is 11.3 Å². The average Bonchev–Trinajstić information content (AvgIpc) is 3.11. The van der Waals surface area contributed by atoms with Gasteiger partial charge in [0.15, 0.2) is 0 Å². The van der Waals surface area contributed by atoms with Crippen LogP contribution in [0.2, 0.25) is 0 Å². The quantitative estimate of drug-likeness (QED) is 0.450. The van der Waals surface area contributed by atoms with Crippen LogP contribution in [0.4, 0.5) is 11.4 Å². The van der Waals surface area contributed by atoms with Gasteiger partial charge in [-0.2, -0.15) is 0 Å². The highest BCUT2D eigenvalue weighted by Crippen LogP contribution is 2.35. The molecule has 0 saturated carbocycles. The summed E-state index contributed by atoms with van der Waals surface area (Å²) in [6.07, 6.45) is 0.903. The van der Waals surface area contributed by atoms with Gasteiger partial charge in [0.05, 0.1) is 5.69 Å². The van der Waals surface area contributed by atoms with Crippen molar-refractivity contribution in [2.24, 2.45) is 0 Å². The van der Waals surface area contributed by atoms with E-state index in [9.17, 15) is 4.79 Å². The van der Waals surface area contributed by atoms with Crippen molar-refractivity contribution in [3.05, 3.63) is 87.4 Å². The van der Waals surface area contributed by atoms with Crippen LogP contribution in [0.1, 0.15) is 37.6 Å². The molecular weight excluding hydrogens is 416 g/mol. The molecule has 0 spiro atoms. The first-order valence-electron chi connectivity index (χ1n) is 10.8. The lowest BCUT2D eigenvalue weighted by molar-refractivity contribution is 0.103. The lowest BCUT2D eigenvalue weighted by Gasteiger charge is -2.28. The molecule has 0 radical (unpaired) electrons. The van der Waals surface area contributed by atoms with Crippen molar-refractivity contribution in [2.45, 2.75) is 33.4 Å². The third-order valence-corrected chi connectivity index (χ3v) is 7.28. The van der Waals surface area contributed by atoms with E-state index >= 15 is 0 Å². The first-order valence-corrected chi connectivity index (χ1v) is 11.7. The molecule has 32 heavy (non-hydrogen) atoms. The van der Waals surface area contributed by atoms with Crippen LogP contribution in [-0.4, -0.2) is 22.3 Å².